The van der Waals surface area contributed by atoms with Crippen molar-refractivity contribution in [1.29, 1.82) is 0 Å². The Morgan fingerprint density at radius 1 is 1.07 bits per heavy atom. The highest BCUT2D eigenvalue weighted by Gasteiger charge is 2.29. The first kappa shape index (κ1) is 19.1. The lowest BCUT2D eigenvalue weighted by Crippen LogP contribution is -2.37. The van der Waals surface area contributed by atoms with Gasteiger partial charge in [-0.15, -0.1) is 0 Å². The van der Waals surface area contributed by atoms with E-state index in [2.05, 4.69) is 30.6 Å². The maximum absolute atomic E-state index is 13.1. The fourth-order valence-corrected chi connectivity index (χ4v) is 3.47. The summed E-state index contributed by atoms with van der Waals surface area (Å²) in [5.41, 5.74) is 2.74. The Morgan fingerprint density at radius 3 is 2.22 bits per heavy atom. The number of aromatic nitrogens is 2. The molecule has 0 saturated carbocycles. The third-order valence-electron chi connectivity index (χ3n) is 4.77. The lowest BCUT2D eigenvalue weighted by atomic mass is 10.0. The third-order valence-corrected chi connectivity index (χ3v) is 4.77. The Morgan fingerprint density at radius 2 is 1.70 bits per heavy atom. The van der Waals surface area contributed by atoms with E-state index >= 15 is 0 Å². The average Bonchev–Trinajstić information content (AvgIpc) is 3.09. The van der Waals surface area contributed by atoms with Crippen molar-refractivity contribution in [2.45, 2.75) is 39.3 Å². The molecule has 0 saturated heterocycles. The number of amides is 1. The molecule has 0 spiro atoms. The molecule has 2 aromatic rings. The van der Waals surface area contributed by atoms with Crippen LogP contribution >= 0.6 is 0 Å². The summed E-state index contributed by atoms with van der Waals surface area (Å²) in [4.78, 5) is 14.9. The number of carbonyl (C=O) groups is 1. The minimum atomic E-state index is -0.0729. The van der Waals surface area contributed by atoms with E-state index in [-0.39, 0.29) is 11.4 Å². The van der Waals surface area contributed by atoms with Crippen LogP contribution in [0.3, 0.4) is 0 Å². The van der Waals surface area contributed by atoms with E-state index in [1.165, 1.54) is 5.69 Å². The van der Waals surface area contributed by atoms with Crippen LogP contribution in [0.2, 0.25) is 0 Å². The van der Waals surface area contributed by atoms with Gasteiger partial charge in [0.15, 0.2) is 11.5 Å². The van der Waals surface area contributed by atoms with Gasteiger partial charge in [-0.25, -0.2) is 0 Å². The summed E-state index contributed by atoms with van der Waals surface area (Å²) >= 11 is 0. The molecule has 146 valence electrons. The van der Waals surface area contributed by atoms with Gasteiger partial charge in [-0.2, -0.15) is 5.10 Å². The number of hydrogen-bond acceptors (Lipinski definition) is 5. The number of fused-ring (bicyclic) bond motifs is 1. The van der Waals surface area contributed by atoms with Crippen LogP contribution in [0, 0.1) is 0 Å². The van der Waals surface area contributed by atoms with Crippen molar-refractivity contribution in [1.82, 2.24) is 14.7 Å². The predicted octanol–water partition coefficient (Wildman–Crippen LogP) is 2.86. The molecule has 1 aromatic heterocycles. The van der Waals surface area contributed by atoms with Crippen LogP contribution in [0.1, 0.15) is 42.4 Å². The van der Waals surface area contributed by atoms with E-state index in [0.29, 0.717) is 35.9 Å². The van der Waals surface area contributed by atoms with Crippen LogP contribution in [-0.4, -0.2) is 48.5 Å². The number of hydrogen-bond donors (Lipinski definition) is 0. The Balaban J connectivity index is 1.89. The first-order valence-corrected chi connectivity index (χ1v) is 8.95. The molecule has 0 atom stereocenters. The van der Waals surface area contributed by atoms with E-state index in [1.807, 2.05) is 11.1 Å². The van der Waals surface area contributed by atoms with E-state index in [9.17, 15) is 4.79 Å². The van der Waals surface area contributed by atoms with Gasteiger partial charge >= 0.3 is 0 Å². The Labute approximate surface area is 159 Å². The monoisotopic (exact) mass is 373 g/mol. The molecule has 7 nitrogen and oxygen atoms in total. The van der Waals surface area contributed by atoms with Crippen molar-refractivity contribution in [2.75, 3.05) is 27.9 Å². The molecule has 0 N–H and O–H groups in total. The molecule has 0 fully saturated rings. The van der Waals surface area contributed by atoms with E-state index in [4.69, 9.17) is 14.2 Å². The maximum atomic E-state index is 13.1. The Bertz CT molecular complexity index is 826. The van der Waals surface area contributed by atoms with Gasteiger partial charge in [0.1, 0.15) is 0 Å². The van der Waals surface area contributed by atoms with Crippen molar-refractivity contribution >= 4 is 5.91 Å². The van der Waals surface area contributed by atoms with Crippen LogP contribution in [0.4, 0.5) is 0 Å². The van der Waals surface area contributed by atoms with Gasteiger partial charge in [-0.1, -0.05) is 0 Å². The first-order chi connectivity index (χ1) is 12.8. The summed E-state index contributed by atoms with van der Waals surface area (Å²) < 4.78 is 18.1. The van der Waals surface area contributed by atoms with Crippen LogP contribution in [0.15, 0.2) is 18.3 Å². The zero-order valence-corrected chi connectivity index (χ0v) is 16.8. The zero-order chi connectivity index (χ0) is 19.8. The fourth-order valence-electron chi connectivity index (χ4n) is 3.47. The second kappa shape index (κ2) is 7.13. The molecule has 7 heteroatoms. The molecule has 1 aliphatic heterocycles. The molecular formula is C20H27N3O4. The van der Waals surface area contributed by atoms with Gasteiger partial charge in [0.05, 0.1) is 33.1 Å². The normalized spacial score (nSPS) is 13.9. The van der Waals surface area contributed by atoms with Crippen LogP contribution in [-0.2, 0) is 18.5 Å². The van der Waals surface area contributed by atoms with Gasteiger partial charge in [0.2, 0.25) is 5.75 Å². The highest BCUT2D eigenvalue weighted by atomic mass is 16.5. The van der Waals surface area contributed by atoms with Gasteiger partial charge in [0.25, 0.3) is 5.91 Å². The number of rotatable bonds is 4. The topological polar surface area (TPSA) is 65.8 Å². The quantitative estimate of drug-likeness (QED) is 0.824. The molecular weight excluding hydrogens is 346 g/mol. The van der Waals surface area contributed by atoms with Crippen LogP contribution in [0.25, 0.3) is 0 Å². The van der Waals surface area contributed by atoms with Crippen molar-refractivity contribution in [2.24, 2.45) is 0 Å². The Hall–Kier alpha value is -2.70. The SMILES string of the molecule is COc1cc(C(=O)N2CCc3c(cnn3C(C)(C)C)C2)cc(OC)c1OC. The molecule has 27 heavy (non-hydrogen) atoms. The van der Waals surface area contributed by atoms with E-state index < -0.39 is 0 Å². The van der Waals surface area contributed by atoms with Gasteiger partial charge in [-0.3, -0.25) is 9.48 Å². The highest BCUT2D eigenvalue weighted by Crippen LogP contribution is 2.38. The molecule has 0 unspecified atom stereocenters. The maximum Gasteiger partial charge on any atom is 0.254 e. The summed E-state index contributed by atoms with van der Waals surface area (Å²) in [6.45, 7) is 7.58. The highest BCUT2D eigenvalue weighted by molar-refractivity contribution is 5.95. The Kier molecular flexibility index (Phi) is 5.04. The molecule has 0 radical (unpaired) electrons. The number of carbonyl (C=O) groups excluding carboxylic acids is 1. The van der Waals surface area contributed by atoms with E-state index in [1.54, 1.807) is 33.5 Å². The fraction of sp³-hybridized carbons (Fsp3) is 0.500. The molecule has 1 aromatic carbocycles. The van der Waals surface area contributed by atoms with E-state index in [0.717, 1.165) is 12.0 Å². The smallest absolute Gasteiger partial charge is 0.254 e. The lowest BCUT2D eigenvalue weighted by molar-refractivity contribution is 0.0731. The third kappa shape index (κ3) is 3.46. The number of nitrogens with zero attached hydrogens (tertiary/aromatic N) is 3. The van der Waals surface area contributed by atoms with Crippen molar-refractivity contribution in [3.8, 4) is 17.2 Å². The molecule has 0 bridgehead atoms. The zero-order valence-electron chi connectivity index (χ0n) is 16.8. The van der Waals surface area contributed by atoms with Crippen molar-refractivity contribution < 1.29 is 19.0 Å². The minimum absolute atomic E-state index is 0.0663. The summed E-state index contributed by atoms with van der Waals surface area (Å²) in [5, 5.41) is 4.54. The lowest BCUT2D eigenvalue weighted by Gasteiger charge is -2.30. The minimum Gasteiger partial charge on any atom is -0.493 e. The summed E-state index contributed by atoms with van der Waals surface area (Å²) in [5.74, 6) is 1.35. The number of ether oxygens (including phenoxy) is 3. The second-order valence-electron chi connectivity index (χ2n) is 7.59. The van der Waals surface area contributed by atoms with Gasteiger partial charge in [-0.05, 0) is 32.9 Å². The number of benzene rings is 1. The van der Waals surface area contributed by atoms with Crippen LogP contribution < -0.4 is 14.2 Å². The standard InChI is InChI=1S/C20H27N3O4/c1-20(2,3)23-15-7-8-22(12-14(15)11-21-23)19(24)13-9-16(25-4)18(27-6)17(10-13)26-5/h9-11H,7-8,12H2,1-6H3. The second-order valence-corrected chi connectivity index (χ2v) is 7.59. The largest absolute Gasteiger partial charge is 0.493 e. The molecule has 1 amide bonds. The van der Waals surface area contributed by atoms with Gasteiger partial charge < -0.3 is 19.1 Å². The number of methoxy groups -OCH3 is 3. The molecule has 3 rings (SSSR count). The average molecular weight is 373 g/mol. The molecule has 0 aliphatic carbocycles. The van der Waals surface area contributed by atoms with Gasteiger partial charge in [0, 0.05) is 36.3 Å². The summed E-state index contributed by atoms with van der Waals surface area (Å²) in [6, 6.07) is 3.38. The van der Waals surface area contributed by atoms with Crippen LogP contribution in [0.5, 0.6) is 17.2 Å². The summed E-state index contributed by atoms with van der Waals surface area (Å²) in [6.07, 6.45) is 2.65. The summed E-state index contributed by atoms with van der Waals surface area (Å²) in [7, 11) is 4.63. The van der Waals surface area contributed by atoms with Crippen molar-refractivity contribution in [3.05, 3.63) is 35.2 Å². The molecule has 2 heterocycles. The first-order valence-electron chi connectivity index (χ1n) is 8.95. The predicted molar refractivity (Wildman–Crippen MR) is 102 cm³/mol. The molecule has 1 aliphatic rings. The van der Waals surface area contributed by atoms with Crippen molar-refractivity contribution in [3.63, 3.8) is 0 Å².